The van der Waals surface area contributed by atoms with Crippen LogP contribution < -0.4 is 5.32 Å². The van der Waals surface area contributed by atoms with Crippen molar-refractivity contribution in [3.05, 3.63) is 36.6 Å². The minimum Gasteiger partial charge on any atom is -0.387 e. The molecule has 2 aromatic rings. The van der Waals surface area contributed by atoms with Crippen LogP contribution in [0.4, 0.5) is 5.82 Å². The fourth-order valence-corrected chi connectivity index (χ4v) is 4.10. The normalized spacial score (nSPS) is 28.7. The fraction of sp³-hybridized carbons (Fsp3) is 0.444. The Bertz CT molecular complexity index is 720. The number of carbonyl (C=O) groups excluding carboxylic acids is 1. The Kier molecular flexibility index (Phi) is 3.86. The van der Waals surface area contributed by atoms with Crippen LogP contribution in [0.3, 0.4) is 0 Å². The number of nitrogens with one attached hydrogen (secondary N) is 1. The Labute approximate surface area is 140 Å². The largest absolute Gasteiger partial charge is 0.387 e. The molecule has 126 valence electrons. The van der Waals surface area contributed by atoms with Gasteiger partial charge in [0.25, 0.3) is 5.91 Å². The molecule has 0 spiro atoms. The number of carbonyl (C=O) groups is 1. The van der Waals surface area contributed by atoms with Gasteiger partial charge in [-0.05, 0) is 5.56 Å². The SMILES string of the molecule is O=C(C[N+]12CCC(CC1)C(O)C2)Nc1nocc1-c1ccccc1. The molecule has 3 aliphatic heterocycles. The molecule has 3 aliphatic rings. The maximum Gasteiger partial charge on any atom is 0.280 e. The third kappa shape index (κ3) is 2.83. The molecule has 3 fully saturated rings. The van der Waals surface area contributed by atoms with E-state index in [2.05, 4.69) is 10.5 Å². The summed E-state index contributed by atoms with van der Waals surface area (Å²) in [6.07, 6.45) is 3.29. The van der Waals surface area contributed by atoms with Crippen molar-refractivity contribution >= 4 is 11.7 Å². The predicted octanol–water partition coefficient (Wildman–Crippen LogP) is 1.88. The van der Waals surface area contributed by atoms with Crippen molar-refractivity contribution < 1.29 is 18.9 Å². The zero-order valence-electron chi connectivity index (χ0n) is 13.5. The van der Waals surface area contributed by atoms with Crippen molar-refractivity contribution in [1.29, 1.82) is 0 Å². The first-order valence-electron chi connectivity index (χ1n) is 8.48. The predicted molar refractivity (Wildman–Crippen MR) is 89.0 cm³/mol. The summed E-state index contributed by atoms with van der Waals surface area (Å²) in [4.78, 5) is 12.6. The lowest BCUT2D eigenvalue weighted by molar-refractivity contribution is -0.939. The number of aliphatic hydroxyl groups is 1. The van der Waals surface area contributed by atoms with Crippen molar-refractivity contribution in [2.75, 3.05) is 31.5 Å². The highest BCUT2D eigenvalue weighted by Crippen LogP contribution is 2.34. The summed E-state index contributed by atoms with van der Waals surface area (Å²) in [6, 6.07) is 9.72. The number of quaternary nitrogens is 1. The Morgan fingerprint density at radius 3 is 2.75 bits per heavy atom. The highest BCUT2D eigenvalue weighted by atomic mass is 16.5. The van der Waals surface area contributed by atoms with Crippen LogP contribution in [-0.4, -0.2) is 52.9 Å². The summed E-state index contributed by atoms with van der Waals surface area (Å²) in [5, 5.41) is 17.0. The summed E-state index contributed by atoms with van der Waals surface area (Å²) in [5.74, 6) is 0.804. The van der Waals surface area contributed by atoms with Gasteiger partial charge in [-0.3, -0.25) is 4.79 Å². The van der Waals surface area contributed by atoms with E-state index in [1.807, 2.05) is 30.3 Å². The molecule has 6 nitrogen and oxygen atoms in total. The zero-order chi connectivity index (χ0) is 16.6. The van der Waals surface area contributed by atoms with Crippen LogP contribution in [0.25, 0.3) is 11.1 Å². The van der Waals surface area contributed by atoms with E-state index in [1.54, 1.807) is 6.26 Å². The van der Waals surface area contributed by atoms with Crippen molar-refractivity contribution in [2.24, 2.45) is 5.92 Å². The highest BCUT2D eigenvalue weighted by Gasteiger charge is 2.46. The molecule has 0 radical (unpaired) electrons. The Balaban J connectivity index is 1.47. The third-order valence-electron chi connectivity index (χ3n) is 5.46. The molecular weight excluding hydrogens is 306 g/mol. The minimum atomic E-state index is -0.271. The number of aromatic nitrogens is 1. The maximum absolute atomic E-state index is 12.6. The summed E-state index contributed by atoms with van der Waals surface area (Å²) in [6.45, 7) is 3.01. The number of rotatable bonds is 4. The number of piperidine rings is 3. The molecule has 4 heterocycles. The number of hydrogen-bond donors (Lipinski definition) is 2. The first kappa shape index (κ1) is 15.4. The van der Waals surface area contributed by atoms with Crippen molar-refractivity contribution in [2.45, 2.75) is 18.9 Å². The molecule has 1 unspecified atom stereocenters. The van der Waals surface area contributed by atoms with Gasteiger partial charge in [0.05, 0.1) is 18.7 Å². The second-order valence-corrected chi connectivity index (χ2v) is 7.03. The topological polar surface area (TPSA) is 75.4 Å². The quantitative estimate of drug-likeness (QED) is 0.841. The van der Waals surface area contributed by atoms with Gasteiger partial charge in [-0.1, -0.05) is 35.5 Å². The van der Waals surface area contributed by atoms with E-state index in [0.29, 0.717) is 29.3 Å². The number of fused-ring (bicyclic) bond motifs is 3. The molecule has 1 aromatic carbocycles. The van der Waals surface area contributed by atoms with E-state index in [4.69, 9.17) is 4.52 Å². The lowest BCUT2D eigenvalue weighted by Crippen LogP contribution is -2.65. The zero-order valence-corrected chi connectivity index (χ0v) is 13.5. The van der Waals surface area contributed by atoms with Crippen LogP contribution in [0.15, 0.2) is 41.1 Å². The van der Waals surface area contributed by atoms with Gasteiger partial charge < -0.3 is 19.4 Å². The van der Waals surface area contributed by atoms with Gasteiger partial charge in [-0.25, -0.2) is 0 Å². The average molecular weight is 328 g/mol. The van der Waals surface area contributed by atoms with E-state index in [0.717, 1.165) is 37.1 Å². The van der Waals surface area contributed by atoms with Gasteiger partial charge >= 0.3 is 0 Å². The van der Waals surface area contributed by atoms with Crippen LogP contribution in [0.2, 0.25) is 0 Å². The van der Waals surface area contributed by atoms with Crippen LogP contribution in [0.1, 0.15) is 12.8 Å². The first-order chi connectivity index (χ1) is 11.7. The summed E-state index contributed by atoms with van der Waals surface area (Å²) in [5.41, 5.74) is 1.73. The van der Waals surface area contributed by atoms with Gasteiger partial charge in [0.15, 0.2) is 12.4 Å². The molecular formula is C18H22N3O3+. The number of benzene rings is 1. The molecule has 0 saturated carbocycles. The molecule has 2 N–H and O–H groups in total. The Hall–Kier alpha value is -2.18. The lowest BCUT2D eigenvalue weighted by Gasteiger charge is -2.50. The number of hydrogen-bond acceptors (Lipinski definition) is 4. The van der Waals surface area contributed by atoms with Crippen LogP contribution in [0, 0.1) is 5.92 Å². The fourth-order valence-electron chi connectivity index (χ4n) is 4.10. The second kappa shape index (κ2) is 6.03. The summed E-state index contributed by atoms with van der Waals surface area (Å²) >= 11 is 0. The molecule has 0 aliphatic carbocycles. The molecule has 3 saturated heterocycles. The van der Waals surface area contributed by atoms with Crippen LogP contribution in [-0.2, 0) is 4.79 Å². The third-order valence-corrected chi connectivity index (χ3v) is 5.46. The van der Waals surface area contributed by atoms with E-state index in [1.165, 1.54) is 0 Å². The average Bonchev–Trinajstić information content (AvgIpc) is 3.04. The molecule has 2 bridgehead atoms. The molecule has 24 heavy (non-hydrogen) atoms. The van der Waals surface area contributed by atoms with Crippen molar-refractivity contribution in [1.82, 2.24) is 5.16 Å². The van der Waals surface area contributed by atoms with E-state index in [9.17, 15) is 9.90 Å². The molecule has 6 heteroatoms. The molecule has 5 rings (SSSR count). The molecule has 1 atom stereocenters. The summed E-state index contributed by atoms with van der Waals surface area (Å²) < 4.78 is 5.74. The lowest BCUT2D eigenvalue weighted by atomic mass is 9.83. The Morgan fingerprint density at radius 1 is 1.29 bits per heavy atom. The van der Waals surface area contributed by atoms with E-state index in [-0.39, 0.29) is 12.0 Å². The van der Waals surface area contributed by atoms with Gasteiger partial charge in [-0.2, -0.15) is 0 Å². The van der Waals surface area contributed by atoms with Crippen LogP contribution >= 0.6 is 0 Å². The number of nitrogens with zero attached hydrogens (tertiary/aromatic N) is 2. The van der Waals surface area contributed by atoms with Crippen molar-refractivity contribution in [3.63, 3.8) is 0 Å². The van der Waals surface area contributed by atoms with Crippen molar-refractivity contribution in [3.8, 4) is 11.1 Å². The first-order valence-corrected chi connectivity index (χ1v) is 8.48. The number of anilines is 1. The monoisotopic (exact) mass is 328 g/mol. The van der Waals surface area contributed by atoms with E-state index >= 15 is 0 Å². The number of amides is 1. The van der Waals surface area contributed by atoms with Gasteiger partial charge in [0.1, 0.15) is 18.9 Å². The van der Waals surface area contributed by atoms with Gasteiger partial charge in [0.2, 0.25) is 0 Å². The van der Waals surface area contributed by atoms with Gasteiger partial charge in [-0.15, -0.1) is 0 Å². The minimum absolute atomic E-state index is 0.0753. The Morgan fingerprint density at radius 2 is 2.04 bits per heavy atom. The second-order valence-electron chi connectivity index (χ2n) is 7.03. The van der Waals surface area contributed by atoms with Crippen LogP contribution in [0.5, 0.6) is 0 Å². The number of aliphatic hydroxyl groups excluding tert-OH is 1. The van der Waals surface area contributed by atoms with E-state index < -0.39 is 0 Å². The molecule has 1 amide bonds. The van der Waals surface area contributed by atoms with Gasteiger partial charge in [0, 0.05) is 18.8 Å². The molecule has 1 aromatic heterocycles. The standard InChI is InChI=1S/C18H21N3O3/c22-16-10-21(8-6-14(16)7-9-21)11-17(23)19-18-15(12-24-20-18)13-4-2-1-3-5-13/h1-5,12,14,16,22H,6-11H2/p+1. The smallest absolute Gasteiger partial charge is 0.280 e. The summed E-state index contributed by atoms with van der Waals surface area (Å²) in [7, 11) is 0. The maximum atomic E-state index is 12.6. The highest BCUT2D eigenvalue weighted by molar-refractivity contribution is 5.94.